The van der Waals surface area contributed by atoms with Gasteiger partial charge in [-0.2, -0.15) is 0 Å². The first-order valence-electron chi connectivity index (χ1n) is 7.74. The number of benzene rings is 2. The van der Waals surface area contributed by atoms with E-state index < -0.39 is 27.9 Å². The van der Waals surface area contributed by atoms with E-state index in [4.69, 9.17) is 10.8 Å². The summed E-state index contributed by atoms with van der Waals surface area (Å²) in [5.41, 5.74) is 8.43. The second-order valence-corrected chi connectivity index (χ2v) is 7.16. The number of primary amides is 1. The van der Waals surface area contributed by atoms with E-state index in [0.29, 0.717) is 11.1 Å². The molecule has 9 heteroatoms. The van der Waals surface area contributed by atoms with Crippen molar-refractivity contribution in [2.75, 3.05) is 0 Å². The van der Waals surface area contributed by atoms with Crippen LogP contribution in [0.1, 0.15) is 12.8 Å². The lowest BCUT2D eigenvalue weighted by molar-refractivity contribution is -0.139. The highest BCUT2D eigenvalue weighted by atomic mass is 32.2. The van der Waals surface area contributed by atoms with E-state index in [-0.39, 0.29) is 17.7 Å². The molecule has 0 unspecified atom stereocenters. The summed E-state index contributed by atoms with van der Waals surface area (Å²) in [5, 5.41) is 9.14. The maximum atomic E-state index is 12.6. The molecule has 0 fully saturated rings. The van der Waals surface area contributed by atoms with Gasteiger partial charge in [-0.25, -0.2) is 13.8 Å². The molecule has 5 N–H and O–H groups in total. The van der Waals surface area contributed by atoms with Crippen molar-refractivity contribution in [2.45, 2.75) is 23.8 Å². The quantitative estimate of drug-likeness (QED) is 0.478. The monoisotopic (exact) mass is 377 g/mol. The normalized spacial score (nSPS) is 12.5. The largest absolute Gasteiger partial charge is 0.480 e. The van der Waals surface area contributed by atoms with Crippen LogP contribution in [0, 0.1) is 0 Å². The van der Waals surface area contributed by atoms with Gasteiger partial charge >= 0.3 is 5.97 Å². The molecule has 0 radical (unpaired) electrons. The summed E-state index contributed by atoms with van der Waals surface area (Å²) < 4.78 is 25.3. The Labute approximate surface area is 151 Å². The molecule has 0 saturated carbocycles. The van der Waals surface area contributed by atoms with Crippen molar-refractivity contribution in [3.63, 3.8) is 0 Å². The van der Waals surface area contributed by atoms with Crippen molar-refractivity contribution < 1.29 is 23.1 Å². The fourth-order valence-corrected chi connectivity index (χ4v) is 3.45. The van der Waals surface area contributed by atoms with E-state index in [1.807, 2.05) is 6.07 Å². The Hall–Kier alpha value is -2.75. The number of amides is 1. The van der Waals surface area contributed by atoms with E-state index in [0.717, 1.165) is 0 Å². The molecule has 2 rings (SSSR count). The predicted molar refractivity (Wildman–Crippen MR) is 95.2 cm³/mol. The zero-order valence-electron chi connectivity index (χ0n) is 13.8. The molecule has 2 aromatic rings. The third-order valence-electron chi connectivity index (χ3n) is 3.61. The van der Waals surface area contributed by atoms with Crippen molar-refractivity contribution in [3.05, 3.63) is 54.6 Å². The van der Waals surface area contributed by atoms with Crippen LogP contribution in [0.5, 0.6) is 0 Å². The topological polar surface area (TPSA) is 139 Å². The van der Waals surface area contributed by atoms with Crippen LogP contribution >= 0.6 is 0 Å². The molecule has 1 amide bonds. The van der Waals surface area contributed by atoms with Crippen LogP contribution in [-0.4, -0.2) is 31.4 Å². The Balaban J connectivity index is 2.23. The summed E-state index contributed by atoms with van der Waals surface area (Å²) in [7, 11) is -4.05. The van der Waals surface area contributed by atoms with Gasteiger partial charge in [0, 0.05) is 12.0 Å². The molecule has 0 saturated heterocycles. The Bertz CT molecular complexity index is 884. The van der Waals surface area contributed by atoms with Crippen molar-refractivity contribution in [2.24, 2.45) is 5.73 Å². The highest BCUT2D eigenvalue weighted by Crippen LogP contribution is 2.26. The molecule has 1 atom stereocenters. The average molecular weight is 377 g/mol. The number of carboxylic acids is 1. The van der Waals surface area contributed by atoms with E-state index in [2.05, 4.69) is 10.3 Å². The fraction of sp³-hybridized carbons (Fsp3) is 0.176. The molecule has 2 aromatic carbocycles. The maximum Gasteiger partial charge on any atom is 0.322 e. The Morgan fingerprint density at radius 2 is 1.65 bits per heavy atom. The van der Waals surface area contributed by atoms with Crippen LogP contribution in [0.4, 0.5) is 0 Å². The molecule has 8 nitrogen and oxygen atoms in total. The van der Waals surface area contributed by atoms with Gasteiger partial charge in [0.15, 0.2) is 0 Å². The molecule has 0 aliphatic heterocycles. The summed E-state index contributed by atoms with van der Waals surface area (Å²) >= 11 is 0. The highest BCUT2D eigenvalue weighted by molar-refractivity contribution is 7.89. The second-order valence-electron chi connectivity index (χ2n) is 5.51. The van der Waals surface area contributed by atoms with E-state index >= 15 is 0 Å². The number of hydrogen-bond acceptors (Lipinski definition) is 5. The standard InChI is InChI=1S/C17H19N3O5S/c18-16(21)11-10-14(17(22)23)19-20-26(24,25)15-9-5-4-8-13(15)12-6-2-1-3-7-12/h1-9,14,19-20H,10-11H2,(H2,18,21)(H,22,23)/t14-/m0/s1. The Kier molecular flexibility index (Phi) is 6.45. The van der Waals surface area contributed by atoms with Gasteiger partial charge in [-0.3, -0.25) is 9.59 Å². The molecule has 0 aromatic heterocycles. The third-order valence-corrected chi connectivity index (χ3v) is 4.93. The minimum atomic E-state index is -4.05. The van der Waals surface area contributed by atoms with Gasteiger partial charge in [-0.15, -0.1) is 4.83 Å². The van der Waals surface area contributed by atoms with Gasteiger partial charge in [-0.05, 0) is 18.1 Å². The molecule has 0 aliphatic rings. The fourth-order valence-electron chi connectivity index (χ4n) is 2.30. The minimum absolute atomic E-state index is 0.00209. The number of nitrogens with one attached hydrogen (secondary N) is 2. The SMILES string of the molecule is NC(=O)CC[C@H](NNS(=O)(=O)c1ccccc1-c1ccccc1)C(=O)O. The lowest BCUT2D eigenvalue weighted by Gasteiger charge is -2.16. The molecule has 26 heavy (non-hydrogen) atoms. The second kappa shape index (κ2) is 8.56. The summed E-state index contributed by atoms with van der Waals surface area (Å²) in [4.78, 5) is 24.1. The van der Waals surface area contributed by atoms with Crippen molar-refractivity contribution >= 4 is 21.9 Å². The predicted octanol–water partition coefficient (Wildman–Crippen LogP) is 0.855. The van der Waals surface area contributed by atoms with Crippen LogP contribution in [0.25, 0.3) is 11.1 Å². The van der Waals surface area contributed by atoms with Gasteiger partial charge in [-0.1, -0.05) is 48.5 Å². The number of sulfonamides is 1. The number of aliphatic carboxylic acids is 1. The first-order valence-corrected chi connectivity index (χ1v) is 9.22. The number of carbonyl (C=O) groups excluding carboxylic acids is 1. The molecular formula is C17H19N3O5S. The number of carbonyl (C=O) groups is 2. The van der Waals surface area contributed by atoms with Crippen molar-refractivity contribution in [1.82, 2.24) is 10.3 Å². The number of carboxylic acid groups (broad SMARTS) is 1. The van der Waals surface area contributed by atoms with E-state index in [9.17, 15) is 18.0 Å². The minimum Gasteiger partial charge on any atom is -0.480 e. The summed E-state index contributed by atoms with van der Waals surface area (Å²) in [6, 6.07) is 14.0. The molecule has 0 bridgehead atoms. The first kappa shape index (κ1) is 19.6. The van der Waals surface area contributed by atoms with Crippen LogP contribution < -0.4 is 16.0 Å². The summed E-state index contributed by atoms with van der Waals surface area (Å²) in [5.74, 6) is -1.97. The van der Waals surface area contributed by atoms with Crippen LogP contribution in [0.2, 0.25) is 0 Å². The molecule has 0 heterocycles. The molecule has 0 spiro atoms. The zero-order chi connectivity index (χ0) is 19.2. The number of hydrogen-bond donors (Lipinski definition) is 4. The summed E-state index contributed by atoms with van der Waals surface area (Å²) in [6.07, 6.45) is -0.334. The van der Waals surface area contributed by atoms with Gasteiger partial charge in [0.05, 0.1) is 4.90 Å². The van der Waals surface area contributed by atoms with E-state index in [1.165, 1.54) is 6.07 Å². The highest BCUT2D eigenvalue weighted by Gasteiger charge is 2.23. The third kappa shape index (κ3) is 5.12. The smallest absolute Gasteiger partial charge is 0.322 e. The molecule has 138 valence electrons. The van der Waals surface area contributed by atoms with E-state index in [1.54, 1.807) is 42.5 Å². The first-order chi connectivity index (χ1) is 12.3. The Morgan fingerprint density at radius 1 is 1.04 bits per heavy atom. The molecular weight excluding hydrogens is 358 g/mol. The average Bonchev–Trinajstić information content (AvgIpc) is 2.62. The number of nitrogens with two attached hydrogens (primary N) is 1. The van der Waals surface area contributed by atoms with Crippen LogP contribution in [0.3, 0.4) is 0 Å². The van der Waals surface area contributed by atoms with Crippen molar-refractivity contribution in [1.29, 1.82) is 0 Å². The Morgan fingerprint density at radius 3 is 2.27 bits per heavy atom. The lowest BCUT2D eigenvalue weighted by atomic mass is 10.1. The van der Waals surface area contributed by atoms with Gasteiger partial charge < -0.3 is 10.8 Å². The number of hydrazine groups is 1. The van der Waals surface area contributed by atoms with Crippen molar-refractivity contribution in [3.8, 4) is 11.1 Å². The van der Waals surface area contributed by atoms with Gasteiger partial charge in [0.1, 0.15) is 6.04 Å². The van der Waals surface area contributed by atoms with Gasteiger partial charge in [0.2, 0.25) is 5.91 Å². The van der Waals surface area contributed by atoms with Crippen LogP contribution in [0.15, 0.2) is 59.5 Å². The maximum absolute atomic E-state index is 12.6. The molecule has 0 aliphatic carbocycles. The zero-order valence-corrected chi connectivity index (χ0v) is 14.6. The lowest BCUT2D eigenvalue weighted by Crippen LogP contribution is -2.48. The summed E-state index contributed by atoms with van der Waals surface area (Å²) in [6.45, 7) is 0. The number of rotatable bonds is 9. The van der Waals surface area contributed by atoms with Crippen LogP contribution in [-0.2, 0) is 19.6 Å². The van der Waals surface area contributed by atoms with Gasteiger partial charge in [0.25, 0.3) is 10.0 Å².